The van der Waals surface area contributed by atoms with E-state index in [4.69, 9.17) is 10.1 Å². The number of rotatable bonds is 6. The molecule has 1 saturated heterocycles. The van der Waals surface area contributed by atoms with Gasteiger partial charge in [-0.2, -0.15) is 0 Å². The summed E-state index contributed by atoms with van der Waals surface area (Å²) >= 11 is 1.80. The number of aliphatic hydroxyl groups excluding tert-OH is 1. The molecule has 3 aromatic rings. The first-order chi connectivity index (χ1) is 12.3. The fraction of sp³-hybridized carbons (Fsp3) is 0.500. The van der Waals surface area contributed by atoms with E-state index in [1.54, 1.807) is 11.3 Å². The van der Waals surface area contributed by atoms with Gasteiger partial charge in [-0.15, -0.1) is 16.4 Å². The van der Waals surface area contributed by atoms with Crippen LogP contribution in [-0.4, -0.2) is 49.7 Å². The first-order valence-corrected chi connectivity index (χ1v) is 9.68. The number of nitrogens with zero attached hydrogens (tertiary/aromatic N) is 5. The maximum absolute atomic E-state index is 8.99. The molecule has 0 spiro atoms. The summed E-state index contributed by atoms with van der Waals surface area (Å²) in [5.41, 5.74) is 1.97. The molecule has 1 N–H and O–H groups in total. The zero-order chi connectivity index (χ0) is 17.1. The maximum atomic E-state index is 8.99. The average molecular weight is 357 g/mol. The molecule has 7 heteroatoms. The number of piperidine rings is 1. The molecule has 0 saturated carbocycles. The molecule has 3 heterocycles. The minimum Gasteiger partial charge on any atom is -0.396 e. The van der Waals surface area contributed by atoms with Crippen LogP contribution in [0.15, 0.2) is 30.5 Å². The molecule has 132 valence electrons. The SMILES string of the molecule is OCCc1cn(C[C@@H]2CCCN(Cc3nc4ccccc4s3)C2)nn1. The fourth-order valence-electron chi connectivity index (χ4n) is 3.54. The predicted octanol–water partition coefficient (Wildman–Crippen LogP) is 2.33. The summed E-state index contributed by atoms with van der Waals surface area (Å²) in [5, 5.41) is 18.5. The molecule has 0 unspecified atom stereocenters. The van der Waals surface area contributed by atoms with Crippen molar-refractivity contribution in [1.82, 2.24) is 24.9 Å². The van der Waals surface area contributed by atoms with Gasteiger partial charge in [-0.05, 0) is 37.4 Å². The second kappa shape index (κ2) is 7.59. The van der Waals surface area contributed by atoms with Crippen LogP contribution < -0.4 is 0 Å². The van der Waals surface area contributed by atoms with Crippen molar-refractivity contribution in [3.05, 3.63) is 41.2 Å². The molecule has 0 aliphatic carbocycles. The van der Waals surface area contributed by atoms with E-state index in [1.807, 2.05) is 16.9 Å². The Morgan fingerprint density at radius 2 is 2.20 bits per heavy atom. The first-order valence-electron chi connectivity index (χ1n) is 8.87. The van der Waals surface area contributed by atoms with E-state index in [9.17, 15) is 0 Å². The van der Waals surface area contributed by atoms with Crippen molar-refractivity contribution < 1.29 is 5.11 Å². The lowest BCUT2D eigenvalue weighted by Crippen LogP contribution is -2.36. The highest BCUT2D eigenvalue weighted by Crippen LogP contribution is 2.25. The molecule has 1 aromatic carbocycles. The Morgan fingerprint density at radius 1 is 1.28 bits per heavy atom. The topological polar surface area (TPSA) is 67.1 Å². The Kier molecular flexibility index (Phi) is 5.05. The zero-order valence-corrected chi connectivity index (χ0v) is 15.0. The number of aromatic nitrogens is 4. The first kappa shape index (κ1) is 16.6. The Morgan fingerprint density at radius 3 is 3.08 bits per heavy atom. The number of likely N-dealkylation sites (tertiary alicyclic amines) is 1. The van der Waals surface area contributed by atoms with Crippen LogP contribution in [0.1, 0.15) is 23.5 Å². The molecule has 2 aromatic heterocycles. The summed E-state index contributed by atoms with van der Waals surface area (Å²) in [5.74, 6) is 0.590. The minimum atomic E-state index is 0.123. The lowest BCUT2D eigenvalue weighted by molar-refractivity contribution is 0.152. The number of benzene rings is 1. The van der Waals surface area contributed by atoms with Gasteiger partial charge in [0.25, 0.3) is 0 Å². The van der Waals surface area contributed by atoms with Crippen molar-refractivity contribution >= 4 is 21.6 Å². The van der Waals surface area contributed by atoms with Crippen LogP contribution in [0, 0.1) is 5.92 Å². The highest BCUT2D eigenvalue weighted by Gasteiger charge is 2.21. The summed E-state index contributed by atoms with van der Waals surface area (Å²) in [7, 11) is 0. The van der Waals surface area contributed by atoms with Gasteiger partial charge in [0.1, 0.15) is 5.01 Å². The lowest BCUT2D eigenvalue weighted by atomic mass is 9.98. The summed E-state index contributed by atoms with van der Waals surface area (Å²) in [6.45, 7) is 4.17. The Labute approximate surface area is 151 Å². The summed E-state index contributed by atoms with van der Waals surface area (Å²) in [6, 6.07) is 8.35. The van der Waals surface area contributed by atoms with Crippen LogP contribution in [0.5, 0.6) is 0 Å². The van der Waals surface area contributed by atoms with Gasteiger partial charge in [-0.1, -0.05) is 17.3 Å². The van der Waals surface area contributed by atoms with Gasteiger partial charge < -0.3 is 5.11 Å². The molecule has 0 amide bonds. The standard InChI is InChI=1S/C18H23N5OS/c24-9-7-15-12-23(21-20-15)11-14-4-3-8-22(10-14)13-18-19-16-5-1-2-6-17(16)25-18/h1-2,5-6,12,14,24H,3-4,7-11,13H2/t14-/m1/s1. The van der Waals surface area contributed by atoms with Crippen molar-refractivity contribution in [2.45, 2.75) is 32.4 Å². The monoisotopic (exact) mass is 357 g/mol. The third kappa shape index (κ3) is 4.05. The number of aliphatic hydroxyl groups is 1. The van der Waals surface area contributed by atoms with Crippen molar-refractivity contribution in [3.8, 4) is 0 Å². The normalized spacial score (nSPS) is 18.8. The van der Waals surface area contributed by atoms with Gasteiger partial charge in [-0.25, -0.2) is 4.98 Å². The summed E-state index contributed by atoms with van der Waals surface area (Å²) in [6.07, 6.45) is 4.98. The quantitative estimate of drug-likeness (QED) is 0.733. The number of hydrogen-bond acceptors (Lipinski definition) is 6. The zero-order valence-electron chi connectivity index (χ0n) is 14.2. The van der Waals surface area contributed by atoms with E-state index in [-0.39, 0.29) is 6.61 Å². The molecule has 6 nitrogen and oxygen atoms in total. The lowest BCUT2D eigenvalue weighted by Gasteiger charge is -2.31. The second-order valence-corrected chi connectivity index (χ2v) is 7.84. The van der Waals surface area contributed by atoms with Crippen molar-refractivity contribution in [2.24, 2.45) is 5.92 Å². The maximum Gasteiger partial charge on any atom is 0.108 e. The van der Waals surface area contributed by atoms with Gasteiger partial charge in [0.2, 0.25) is 0 Å². The molecule has 0 radical (unpaired) electrons. The number of fused-ring (bicyclic) bond motifs is 1. The summed E-state index contributed by atoms with van der Waals surface area (Å²) in [4.78, 5) is 7.28. The molecule has 1 aliphatic rings. The van der Waals surface area contributed by atoms with Gasteiger partial charge in [0.05, 0.1) is 22.5 Å². The number of thiazole rings is 1. The minimum absolute atomic E-state index is 0.123. The molecule has 1 aliphatic heterocycles. The molecule has 0 bridgehead atoms. The van der Waals surface area contributed by atoms with E-state index < -0.39 is 0 Å². The van der Waals surface area contributed by atoms with Gasteiger partial charge in [0, 0.05) is 32.3 Å². The van der Waals surface area contributed by atoms with E-state index in [0.717, 1.165) is 37.4 Å². The van der Waals surface area contributed by atoms with Gasteiger partial charge in [-0.3, -0.25) is 9.58 Å². The van der Waals surface area contributed by atoms with Crippen LogP contribution in [0.25, 0.3) is 10.2 Å². The predicted molar refractivity (Wildman–Crippen MR) is 98.4 cm³/mol. The van der Waals surface area contributed by atoms with Gasteiger partial charge in [0.15, 0.2) is 0 Å². The Hall–Kier alpha value is -1.83. The molecule has 4 rings (SSSR count). The van der Waals surface area contributed by atoms with Crippen LogP contribution in [0.2, 0.25) is 0 Å². The van der Waals surface area contributed by atoms with Crippen molar-refractivity contribution in [1.29, 1.82) is 0 Å². The Bertz CT molecular complexity index is 797. The smallest absolute Gasteiger partial charge is 0.108 e. The van der Waals surface area contributed by atoms with Crippen molar-refractivity contribution in [2.75, 3.05) is 19.7 Å². The molecule has 1 fully saturated rings. The third-order valence-corrected chi connectivity index (χ3v) is 5.72. The highest BCUT2D eigenvalue weighted by atomic mass is 32.1. The van der Waals surface area contributed by atoms with E-state index in [1.165, 1.54) is 22.5 Å². The number of para-hydroxylation sites is 1. The summed E-state index contributed by atoms with van der Waals surface area (Å²) < 4.78 is 3.20. The molecule has 1 atom stereocenters. The molecule has 25 heavy (non-hydrogen) atoms. The van der Waals surface area contributed by atoms with E-state index in [2.05, 4.69) is 33.4 Å². The Balaban J connectivity index is 1.36. The van der Waals surface area contributed by atoms with Crippen LogP contribution in [0.3, 0.4) is 0 Å². The highest BCUT2D eigenvalue weighted by molar-refractivity contribution is 7.18. The average Bonchev–Trinajstić information content (AvgIpc) is 3.21. The molecular weight excluding hydrogens is 334 g/mol. The van der Waals surface area contributed by atoms with Crippen LogP contribution in [-0.2, 0) is 19.5 Å². The second-order valence-electron chi connectivity index (χ2n) is 6.72. The molecular formula is C18H23N5OS. The fourth-order valence-corrected chi connectivity index (χ4v) is 4.55. The number of hydrogen-bond donors (Lipinski definition) is 1. The van der Waals surface area contributed by atoms with E-state index >= 15 is 0 Å². The van der Waals surface area contributed by atoms with Crippen LogP contribution >= 0.6 is 11.3 Å². The van der Waals surface area contributed by atoms with Crippen LogP contribution in [0.4, 0.5) is 0 Å². The largest absolute Gasteiger partial charge is 0.396 e. The van der Waals surface area contributed by atoms with E-state index in [0.29, 0.717) is 12.3 Å². The van der Waals surface area contributed by atoms with Gasteiger partial charge >= 0.3 is 0 Å². The van der Waals surface area contributed by atoms with Crippen molar-refractivity contribution in [3.63, 3.8) is 0 Å². The third-order valence-electron chi connectivity index (χ3n) is 4.70.